The third kappa shape index (κ3) is 3.52. The smallest absolute Gasteiger partial charge is 0.163 e. The number of pyridine rings is 2. The van der Waals surface area contributed by atoms with Crippen molar-refractivity contribution in [3.05, 3.63) is 78.4 Å². The minimum absolute atomic E-state index is 0.676. The molecule has 0 radical (unpaired) electrons. The quantitative estimate of drug-likeness (QED) is 0.593. The Morgan fingerprint density at radius 1 is 0.962 bits per heavy atom. The molecule has 0 spiro atoms. The number of anilines is 1. The third-order valence-electron chi connectivity index (χ3n) is 4.17. The fourth-order valence-corrected chi connectivity index (χ4v) is 2.86. The van der Waals surface area contributed by atoms with Crippen LogP contribution in [0.3, 0.4) is 0 Å². The van der Waals surface area contributed by atoms with Gasteiger partial charge in [0.05, 0.1) is 5.52 Å². The van der Waals surface area contributed by atoms with E-state index in [1.165, 1.54) is 5.56 Å². The first-order valence-electron chi connectivity index (χ1n) is 8.62. The molecule has 1 aromatic carbocycles. The molecule has 0 aliphatic rings. The molecule has 0 atom stereocenters. The van der Waals surface area contributed by atoms with Crippen LogP contribution in [0.2, 0.25) is 0 Å². The monoisotopic (exact) mass is 341 g/mol. The summed E-state index contributed by atoms with van der Waals surface area (Å²) in [6, 6.07) is 16.1. The number of hydrogen-bond acceptors (Lipinski definition) is 5. The average Bonchev–Trinajstić information content (AvgIpc) is 2.69. The second kappa shape index (κ2) is 7.27. The van der Waals surface area contributed by atoms with E-state index in [-0.39, 0.29) is 0 Å². The van der Waals surface area contributed by atoms with Gasteiger partial charge in [0.1, 0.15) is 5.82 Å². The topological polar surface area (TPSA) is 63.6 Å². The van der Waals surface area contributed by atoms with Crippen LogP contribution in [-0.2, 0) is 6.42 Å². The summed E-state index contributed by atoms with van der Waals surface area (Å²) >= 11 is 0. The van der Waals surface area contributed by atoms with Gasteiger partial charge >= 0.3 is 0 Å². The largest absolute Gasteiger partial charge is 0.369 e. The van der Waals surface area contributed by atoms with Crippen LogP contribution in [0, 0.1) is 6.92 Å². The molecule has 3 heterocycles. The number of aryl methyl sites for hydroxylation is 1. The maximum atomic E-state index is 4.76. The fraction of sp³-hybridized carbons (Fsp3) is 0.143. The van der Waals surface area contributed by atoms with Crippen molar-refractivity contribution < 1.29 is 0 Å². The molecule has 0 saturated carbocycles. The number of fused-ring (bicyclic) bond motifs is 1. The summed E-state index contributed by atoms with van der Waals surface area (Å²) in [6.07, 6.45) is 6.19. The maximum absolute atomic E-state index is 4.76. The van der Waals surface area contributed by atoms with Crippen LogP contribution < -0.4 is 5.32 Å². The second-order valence-corrected chi connectivity index (χ2v) is 6.16. The highest BCUT2D eigenvalue weighted by Gasteiger charge is 2.10. The molecule has 0 aliphatic heterocycles. The Bertz CT molecular complexity index is 1020. The van der Waals surface area contributed by atoms with E-state index >= 15 is 0 Å². The molecule has 0 bridgehead atoms. The maximum Gasteiger partial charge on any atom is 0.163 e. The minimum atomic E-state index is 0.676. The van der Waals surface area contributed by atoms with Gasteiger partial charge in [-0.25, -0.2) is 9.97 Å². The highest BCUT2D eigenvalue weighted by molar-refractivity contribution is 5.91. The Morgan fingerprint density at radius 2 is 1.92 bits per heavy atom. The van der Waals surface area contributed by atoms with Crippen LogP contribution >= 0.6 is 0 Å². The summed E-state index contributed by atoms with van der Waals surface area (Å²) in [4.78, 5) is 18.0. The Morgan fingerprint density at radius 3 is 2.73 bits per heavy atom. The predicted molar refractivity (Wildman–Crippen MR) is 104 cm³/mol. The molecule has 128 valence electrons. The van der Waals surface area contributed by atoms with Gasteiger partial charge in [0.2, 0.25) is 0 Å². The molecule has 0 saturated heterocycles. The van der Waals surface area contributed by atoms with E-state index in [4.69, 9.17) is 9.97 Å². The Hall–Kier alpha value is -3.34. The van der Waals surface area contributed by atoms with Gasteiger partial charge in [-0.1, -0.05) is 17.7 Å². The van der Waals surface area contributed by atoms with E-state index in [1.807, 2.05) is 42.6 Å². The normalized spacial score (nSPS) is 10.8. The predicted octanol–water partition coefficient (Wildman–Crippen LogP) is 4.05. The lowest BCUT2D eigenvalue weighted by molar-refractivity contribution is 0.955. The van der Waals surface area contributed by atoms with Crippen molar-refractivity contribution in [3.63, 3.8) is 0 Å². The van der Waals surface area contributed by atoms with Crippen molar-refractivity contribution in [2.75, 3.05) is 11.9 Å². The van der Waals surface area contributed by atoms with Gasteiger partial charge in [0, 0.05) is 48.2 Å². The van der Waals surface area contributed by atoms with Crippen molar-refractivity contribution in [1.29, 1.82) is 0 Å². The number of hydrogen-bond donors (Lipinski definition) is 1. The first-order valence-corrected chi connectivity index (χ1v) is 8.62. The number of nitrogens with zero attached hydrogens (tertiary/aromatic N) is 4. The van der Waals surface area contributed by atoms with Crippen molar-refractivity contribution in [1.82, 2.24) is 19.9 Å². The van der Waals surface area contributed by atoms with Gasteiger partial charge < -0.3 is 5.32 Å². The molecule has 1 N–H and O–H groups in total. The number of rotatable bonds is 5. The molecule has 0 aliphatic carbocycles. The summed E-state index contributed by atoms with van der Waals surface area (Å²) in [6.45, 7) is 2.83. The van der Waals surface area contributed by atoms with E-state index < -0.39 is 0 Å². The van der Waals surface area contributed by atoms with Gasteiger partial charge in [-0.05, 0) is 43.3 Å². The van der Waals surface area contributed by atoms with E-state index in [9.17, 15) is 0 Å². The van der Waals surface area contributed by atoms with Gasteiger partial charge in [-0.3, -0.25) is 9.97 Å². The molecule has 3 aromatic heterocycles. The Balaban J connectivity index is 1.67. The Kier molecular flexibility index (Phi) is 4.51. The van der Waals surface area contributed by atoms with E-state index in [0.29, 0.717) is 5.82 Å². The second-order valence-electron chi connectivity index (χ2n) is 6.16. The van der Waals surface area contributed by atoms with Crippen molar-refractivity contribution >= 4 is 16.7 Å². The van der Waals surface area contributed by atoms with Crippen LogP contribution in [0.1, 0.15) is 11.3 Å². The molecule has 5 nitrogen and oxygen atoms in total. The number of benzene rings is 1. The van der Waals surface area contributed by atoms with Crippen LogP contribution in [0.4, 0.5) is 5.82 Å². The molecule has 0 fully saturated rings. The van der Waals surface area contributed by atoms with Crippen molar-refractivity contribution in [2.45, 2.75) is 13.3 Å². The Labute approximate surface area is 152 Å². The molecule has 26 heavy (non-hydrogen) atoms. The van der Waals surface area contributed by atoms with Crippen molar-refractivity contribution in [2.24, 2.45) is 0 Å². The van der Waals surface area contributed by atoms with Crippen LogP contribution in [0.5, 0.6) is 0 Å². The molecule has 4 rings (SSSR count). The zero-order chi connectivity index (χ0) is 17.8. The number of aromatic nitrogens is 4. The molecular weight excluding hydrogens is 322 g/mol. The molecule has 4 aromatic rings. The van der Waals surface area contributed by atoms with Crippen LogP contribution in [0.15, 0.2) is 67.1 Å². The average molecular weight is 341 g/mol. The van der Waals surface area contributed by atoms with Gasteiger partial charge in [-0.15, -0.1) is 0 Å². The van der Waals surface area contributed by atoms with Crippen LogP contribution in [-0.4, -0.2) is 26.5 Å². The lowest BCUT2D eigenvalue weighted by Crippen LogP contribution is -2.09. The third-order valence-corrected chi connectivity index (χ3v) is 4.17. The highest BCUT2D eigenvalue weighted by atomic mass is 15.0. The summed E-state index contributed by atoms with van der Waals surface area (Å²) < 4.78 is 0. The van der Waals surface area contributed by atoms with E-state index in [2.05, 4.69) is 34.3 Å². The summed E-state index contributed by atoms with van der Waals surface area (Å²) in [5, 5.41) is 4.49. The SMILES string of the molecule is Cc1ccc2nc(-c3cccnc3)nc(NCCc3ccccn3)c2c1. The lowest BCUT2D eigenvalue weighted by atomic mass is 10.1. The van der Waals surface area contributed by atoms with Gasteiger partial charge in [0.25, 0.3) is 0 Å². The zero-order valence-corrected chi connectivity index (χ0v) is 14.6. The fourth-order valence-electron chi connectivity index (χ4n) is 2.86. The standard InChI is InChI=1S/C21H19N5/c1-15-7-8-19-18(13-15)21(24-12-9-17-6-2-3-11-23-17)26-20(25-19)16-5-4-10-22-14-16/h2-8,10-11,13-14H,9,12H2,1H3,(H,24,25,26). The van der Waals surface area contributed by atoms with E-state index in [1.54, 1.807) is 12.4 Å². The lowest BCUT2D eigenvalue weighted by Gasteiger charge is -2.11. The van der Waals surface area contributed by atoms with Crippen molar-refractivity contribution in [3.8, 4) is 11.4 Å². The first-order chi connectivity index (χ1) is 12.8. The number of nitrogens with one attached hydrogen (secondary N) is 1. The summed E-state index contributed by atoms with van der Waals surface area (Å²) in [7, 11) is 0. The highest BCUT2D eigenvalue weighted by Crippen LogP contribution is 2.25. The van der Waals surface area contributed by atoms with Gasteiger partial charge in [0.15, 0.2) is 5.82 Å². The first kappa shape index (κ1) is 16.1. The minimum Gasteiger partial charge on any atom is -0.369 e. The molecular formula is C21H19N5. The summed E-state index contributed by atoms with van der Waals surface area (Å²) in [5.74, 6) is 1.52. The van der Waals surface area contributed by atoms with Crippen LogP contribution in [0.25, 0.3) is 22.3 Å². The zero-order valence-electron chi connectivity index (χ0n) is 14.6. The molecule has 0 unspecified atom stereocenters. The molecule has 5 heteroatoms. The van der Waals surface area contributed by atoms with Gasteiger partial charge in [-0.2, -0.15) is 0 Å². The molecule has 0 amide bonds. The summed E-state index contributed by atoms with van der Waals surface area (Å²) in [5.41, 5.74) is 4.07. The van der Waals surface area contributed by atoms with E-state index in [0.717, 1.165) is 40.9 Å².